The standard InChI is InChI=1S/C23H20F2N4O3S/c1-13-3-5-16(6-4-13)21-29-28-19(32-21)12-11-18(30)26-23-27-20(14(2)33-23)15-7-9-17(10-8-15)31-22(24)25/h3-10,22H,11-12H2,1-2H3,(H,26,27,30). The van der Waals surface area contributed by atoms with Crippen LogP contribution in [-0.2, 0) is 11.2 Å². The highest BCUT2D eigenvalue weighted by Gasteiger charge is 2.15. The molecular formula is C23H20F2N4O3S. The lowest BCUT2D eigenvalue weighted by Gasteiger charge is -2.05. The number of aromatic nitrogens is 3. The van der Waals surface area contributed by atoms with Gasteiger partial charge < -0.3 is 14.5 Å². The van der Waals surface area contributed by atoms with Crippen molar-refractivity contribution in [3.05, 3.63) is 64.9 Å². The zero-order valence-corrected chi connectivity index (χ0v) is 18.7. The van der Waals surface area contributed by atoms with Crippen molar-refractivity contribution in [2.24, 2.45) is 0 Å². The first-order valence-corrected chi connectivity index (χ1v) is 10.9. The van der Waals surface area contributed by atoms with Crippen molar-refractivity contribution in [2.45, 2.75) is 33.3 Å². The van der Waals surface area contributed by atoms with Gasteiger partial charge in [0.15, 0.2) is 5.13 Å². The van der Waals surface area contributed by atoms with Crippen LogP contribution in [0.2, 0.25) is 0 Å². The van der Waals surface area contributed by atoms with E-state index < -0.39 is 6.61 Å². The largest absolute Gasteiger partial charge is 0.435 e. The molecule has 0 saturated carbocycles. The van der Waals surface area contributed by atoms with Gasteiger partial charge in [0, 0.05) is 28.8 Å². The fraction of sp³-hybridized carbons (Fsp3) is 0.217. The molecule has 0 aliphatic rings. The summed E-state index contributed by atoms with van der Waals surface area (Å²) >= 11 is 1.33. The molecule has 2 aromatic heterocycles. The minimum Gasteiger partial charge on any atom is -0.435 e. The first kappa shape index (κ1) is 22.5. The zero-order chi connectivity index (χ0) is 23.4. The Kier molecular flexibility index (Phi) is 6.74. The molecule has 170 valence electrons. The van der Waals surface area contributed by atoms with Crippen molar-refractivity contribution in [1.82, 2.24) is 15.2 Å². The first-order chi connectivity index (χ1) is 15.9. The topological polar surface area (TPSA) is 90.1 Å². The van der Waals surface area contributed by atoms with Crippen molar-refractivity contribution in [2.75, 3.05) is 5.32 Å². The second-order valence-electron chi connectivity index (χ2n) is 7.24. The van der Waals surface area contributed by atoms with Crippen LogP contribution in [0.25, 0.3) is 22.7 Å². The van der Waals surface area contributed by atoms with Gasteiger partial charge in [-0.25, -0.2) is 4.98 Å². The van der Waals surface area contributed by atoms with Gasteiger partial charge in [-0.1, -0.05) is 17.7 Å². The number of alkyl halides is 2. The fourth-order valence-electron chi connectivity index (χ4n) is 3.08. The maximum absolute atomic E-state index is 12.4. The van der Waals surface area contributed by atoms with E-state index in [1.54, 1.807) is 12.1 Å². The predicted molar refractivity (Wildman–Crippen MR) is 120 cm³/mol. The van der Waals surface area contributed by atoms with E-state index in [9.17, 15) is 13.6 Å². The lowest BCUT2D eigenvalue weighted by atomic mass is 10.1. The van der Waals surface area contributed by atoms with E-state index >= 15 is 0 Å². The number of aryl methyl sites for hydroxylation is 3. The summed E-state index contributed by atoms with van der Waals surface area (Å²) in [6, 6.07) is 13.9. The second-order valence-corrected chi connectivity index (χ2v) is 8.45. The molecule has 1 amide bonds. The molecule has 2 heterocycles. The van der Waals surface area contributed by atoms with Crippen LogP contribution in [0.3, 0.4) is 0 Å². The van der Waals surface area contributed by atoms with Crippen molar-refractivity contribution >= 4 is 22.4 Å². The van der Waals surface area contributed by atoms with E-state index in [1.165, 1.54) is 23.5 Å². The number of benzene rings is 2. The average molecular weight is 471 g/mol. The van der Waals surface area contributed by atoms with Crippen molar-refractivity contribution in [1.29, 1.82) is 0 Å². The number of amides is 1. The number of thiazole rings is 1. The van der Waals surface area contributed by atoms with Crippen LogP contribution >= 0.6 is 11.3 Å². The maximum Gasteiger partial charge on any atom is 0.387 e. The normalized spacial score (nSPS) is 11.1. The zero-order valence-electron chi connectivity index (χ0n) is 17.8. The third-order valence-electron chi connectivity index (χ3n) is 4.73. The number of halogens is 2. The predicted octanol–water partition coefficient (Wildman–Crippen LogP) is 5.65. The summed E-state index contributed by atoms with van der Waals surface area (Å²) in [6.07, 6.45) is 0.455. The molecule has 0 radical (unpaired) electrons. The molecule has 0 aliphatic heterocycles. The Balaban J connectivity index is 1.34. The maximum atomic E-state index is 12.4. The van der Waals surface area contributed by atoms with E-state index in [2.05, 4.69) is 25.2 Å². The number of ether oxygens (including phenoxy) is 1. The lowest BCUT2D eigenvalue weighted by molar-refractivity contribution is -0.116. The van der Waals surface area contributed by atoms with E-state index in [0.717, 1.165) is 21.6 Å². The van der Waals surface area contributed by atoms with Gasteiger partial charge in [-0.15, -0.1) is 21.5 Å². The Bertz CT molecular complexity index is 1240. The number of nitrogens with zero attached hydrogens (tertiary/aromatic N) is 3. The molecule has 0 bridgehead atoms. The molecule has 0 saturated heterocycles. The average Bonchev–Trinajstić information content (AvgIpc) is 3.39. The smallest absolute Gasteiger partial charge is 0.387 e. The summed E-state index contributed by atoms with van der Waals surface area (Å²) in [5, 5.41) is 11.3. The number of carbonyl (C=O) groups is 1. The molecule has 2 aromatic carbocycles. The highest BCUT2D eigenvalue weighted by atomic mass is 32.1. The van der Waals surface area contributed by atoms with E-state index in [0.29, 0.717) is 29.0 Å². The molecule has 0 aliphatic carbocycles. The quantitative estimate of drug-likeness (QED) is 0.358. The molecule has 0 atom stereocenters. The van der Waals surface area contributed by atoms with Gasteiger partial charge >= 0.3 is 6.61 Å². The summed E-state index contributed by atoms with van der Waals surface area (Å²) in [7, 11) is 0. The third kappa shape index (κ3) is 5.78. The molecule has 7 nitrogen and oxygen atoms in total. The number of nitrogens with one attached hydrogen (secondary N) is 1. The van der Waals surface area contributed by atoms with Crippen molar-refractivity contribution in [3.8, 4) is 28.5 Å². The number of hydrogen-bond acceptors (Lipinski definition) is 7. The van der Waals surface area contributed by atoms with Gasteiger partial charge in [-0.2, -0.15) is 8.78 Å². The van der Waals surface area contributed by atoms with Crippen LogP contribution in [0.1, 0.15) is 22.8 Å². The Morgan fingerprint density at radius 3 is 2.45 bits per heavy atom. The van der Waals surface area contributed by atoms with E-state index in [4.69, 9.17) is 4.42 Å². The van der Waals surface area contributed by atoms with Crippen LogP contribution in [0.15, 0.2) is 52.9 Å². The molecular weight excluding hydrogens is 450 g/mol. The van der Waals surface area contributed by atoms with Gasteiger partial charge in [0.1, 0.15) is 5.75 Å². The van der Waals surface area contributed by atoms with Gasteiger partial charge in [0.25, 0.3) is 0 Å². The van der Waals surface area contributed by atoms with Crippen LogP contribution in [0, 0.1) is 13.8 Å². The van der Waals surface area contributed by atoms with Gasteiger partial charge in [-0.3, -0.25) is 4.79 Å². The summed E-state index contributed by atoms with van der Waals surface area (Å²) < 4.78 is 34.6. The van der Waals surface area contributed by atoms with Crippen molar-refractivity contribution < 1.29 is 22.7 Å². The van der Waals surface area contributed by atoms with Gasteiger partial charge in [0.05, 0.1) is 5.69 Å². The highest BCUT2D eigenvalue weighted by molar-refractivity contribution is 7.16. The number of hydrogen-bond donors (Lipinski definition) is 1. The summed E-state index contributed by atoms with van der Waals surface area (Å²) in [6.45, 7) is 0.993. The molecule has 0 fully saturated rings. The number of carbonyl (C=O) groups excluding carboxylic acids is 1. The minimum atomic E-state index is -2.87. The van der Waals surface area contributed by atoms with Crippen LogP contribution in [0.5, 0.6) is 5.75 Å². The van der Waals surface area contributed by atoms with Gasteiger partial charge in [-0.05, 0) is 50.2 Å². The summed E-state index contributed by atoms with van der Waals surface area (Å²) in [5.41, 5.74) is 3.36. The Labute approximate surface area is 192 Å². The fourth-order valence-corrected chi connectivity index (χ4v) is 3.93. The molecule has 0 unspecified atom stereocenters. The number of anilines is 1. The molecule has 4 aromatic rings. The molecule has 0 spiro atoms. The monoisotopic (exact) mass is 470 g/mol. The van der Waals surface area contributed by atoms with Gasteiger partial charge in [0.2, 0.25) is 17.7 Å². The Morgan fingerprint density at radius 2 is 1.76 bits per heavy atom. The third-order valence-corrected chi connectivity index (χ3v) is 5.61. The second kappa shape index (κ2) is 9.86. The first-order valence-electron chi connectivity index (χ1n) is 10.1. The summed E-state index contributed by atoms with van der Waals surface area (Å²) in [5.74, 6) is 0.631. The molecule has 33 heavy (non-hydrogen) atoms. The van der Waals surface area contributed by atoms with E-state index in [1.807, 2.05) is 38.1 Å². The molecule has 1 N–H and O–H groups in total. The number of rotatable bonds is 8. The molecule has 4 rings (SSSR count). The SMILES string of the molecule is Cc1ccc(-c2nnc(CCC(=O)Nc3nc(-c4ccc(OC(F)F)cc4)c(C)s3)o2)cc1. The summed E-state index contributed by atoms with van der Waals surface area (Å²) in [4.78, 5) is 17.7. The molecule has 10 heteroatoms. The van der Waals surface area contributed by atoms with E-state index in [-0.39, 0.29) is 18.1 Å². The minimum absolute atomic E-state index is 0.0710. The Morgan fingerprint density at radius 1 is 1.06 bits per heavy atom. The van der Waals surface area contributed by atoms with Crippen LogP contribution in [-0.4, -0.2) is 27.7 Å². The highest BCUT2D eigenvalue weighted by Crippen LogP contribution is 2.31. The Hall–Kier alpha value is -3.66. The lowest BCUT2D eigenvalue weighted by Crippen LogP contribution is -2.12. The van der Waals surface area contributed by atoms with Crippen LogP contribution < -0.4 is 10.1 Å². The van der Waals surface area contributed by atoms with Crippen LogP contribution in [0.4, 0.5) is 13.9 Å². The van der Waals surface area contributed by atoms with Crippen molar-refractivity contribution in [3.63, 3.8) is 0 Å².